The van der Waals surface area contributed by atoms with E-state index in [1.807, 2.05) is 6.07 Å². The fourth-order valence-electron chi connectivity index (χ4n) is 9.72. The van der Waals surface area contributed by atoms with Crippen LogP contribution in [0.4, 0.5) is 17.1 Å². The second-order valence-corrected chi connectivity index (χ2v) is 16.2. The number of rotatable bonds is 5. The second kappa shape index (κ2) is 12.3. The van der Waals surface area contributed by atoms with Gasteiger partial charge in [-0.3, -0.25) is 0 Å². The van der Waals surface area contributed by atoms with Crippen molar-refractivity contribution in [2.75, 3.05) is 4.90 Å². The van der Waals surface area contributed by atoms with Gasteiger partial charge in [-0.1, -0.05) is 141 Å². The predicted octanol–water partition coefficient (Wildman–Crippen LogP) is 15.3. The van der Waals surface area contributed by atoms with Crippen molar-refractivity contribution in [3.05, 3.63) is 205 Å². The van der Waals surface area contributed by atoms with Gasteiger partial charge >= 0.3 is 0 Å². The lowest BCUT2D eigenvalue weighted by Gasteiger charge is -2.28. The normalized spacial score (nSPS) is 13.1. The van der Waals surface area contributed by atoms with Crippen LogP contribution in [0.25, 0.3) is 82.5 Å². The van der Waals surface area contributed by atoms with Crippen LogP contribution in [0.3, 0.4) is 0 Å². The molecule has 0 amide bonds. The molecule has 2 heterocycles. The summed E-state index contributed by atoms with van der Waals surface area (Å²) in [6.07, 6.45) is 0. The molecular weight excluding hydrogens is 705 g/mol. The van der Waals surface area contributed by atoms with Gasteiger partial charge in [-0.25, -0.2) is 0 Å². The van der Waals surface area contributed by atoms with Gasteiger partial charge < -0.3 is 13.9 Å². The van der Waals surface area contributed by atoms with Crippen LogP contribution < -0.4 is 4.90 Å². The van der Waals surface area contributed by atoms with Crippen molar-refractivity contribution in [2.45, 2.75) is 19.3 Å². The molecule has 0 saturated heterocycles. The van der Waals surface area contributed by atoms with Crippen LogP contribution in [0, 0.1) is 0 Å². The van der Waals surface area contributed by atoms with Crippen LogP contribution in [0.2, 0.25) is 0 Å². The third kappa shape index (κ3) is 4.80. The number of para-hydroxylation sites is 3. The number of nitrogens with zero attached hydrogens (tertiary/aromatic N) is 2. The molecule has 12 rings (SSSR count). The molecule has 274 valence electrons. The molecule has 2 aromatic heterocycles. The minimum absolute atomic E-state index is 0.126. The highest BCUT2D eigenvalue weighted by Crippen LogP contribution is 2.51. The first-order chi connectivity index (χ1) is 28.5. The van der Waals surface area contributed by atoms with E-state index >= 15 is 0 Å². The van der Waals surface area contributed by atoms with Crippen LogP contribution in [-0.4, -0.2) is 4.57 Å². The van der Waals surface area contributed by atoms with E-state index < -0.39 is 0 Å². The summed E-state index contributed by atoms with van der Waals surface area (Å²) in [5.41, 5.74) is 16.1. The van der Waals surface area contributed by atoms with Gasteiger partial charge in [0.15, 0.2) is 5.58 Å². The first-order valence-electron chi connectivity index (χ1n) is 20.1. The van der Waals surface area contributed by atoms with E-state index in [0.717, 1.165) is 39.0 Å². The van der Waals surface area contributed by atoms with Gasteiger partial charge in [0.25, 0.3) is 0 Å². The molecule has 3 heteroatoms. The Morgan fingerprint density at radius 2 is 1.14 bits per heavy atom. The highest BCUT2D eigenvalue weighted by Gasteiger charge is 2.36. The Balaban J connectivity index is 0.997. The summed E-state index contributed by atoms with van der Waals surface area (Å²) in [6, 6.07) is 70.7. The van der Waals surface area contributed by atoms with Crippen LogP contribution in [0.15, 0.2) is 199 Å². The SMILES string of the molecule is CC1(C)c2ccccc2-c2ccc(N(c3ccc(-c4ccc5c(c4)c4ccccc4n5-c4ccc5ccccc5c4)cc3)c3cccc4c3oc3ccccc34)cc21. The summed E-state index contributed by atoms with van der Waals surface area (Å²) < 4.78 is 9.07. The van der Waals surface area contributed by atoms with Crippen molar-refractivity contribution in [1.82, 2.24) is 4.57 Å². The monoisotopic (exact) mass is 742 g/mol. The zero-order valence-corrected chi connectivity index (χ0v) is 32.3. The third-order valence-corrected chi connectivity index (χ3v) is 12.6. The number of hydrogen-bond acceptors (Lipinski definition) is 2. The number of fused-ring (bicyclic) bond motifs is 10. The van der Waals surface area contributed by atoms with Crippen LogP contribution in [0.5, 0.6) is 0 Å². The van der Waals surface area contributed by atoms with Gasteiger partial charge in [-0.05, 0) is 111 Å². The van der Waals surface area contributed by atoms with E-state index in [0.29, 0.717) is 0 Å². The Morgan fingerprint density at radius 3 is 2.03 bits per heavy atom. The molecule has 9 aromatic carbocycles. The Hall–Kier alpha value is -7.36. The number of hydrogen-bond donors (Lipinski definition) is 0. The largest absolute Gasteiger partial charge is 0.454 e. The lowest BCUT2D eigenvalue weighted by molar-refractivity contribution is 0.660. The maximum atomic E-state index is 6.67. The Morgan fingerprint density at radius 1 is 0.448 bits per heavy atom. The maximum Gasteiger partial charge on any atom is 0.159 e. The molecule has 1 aliphatic rings. The Bertz CT molecular complexity index is 3440. The lowest BCUT2D eigenvalue weighted by atomic mass is 9.82. The summed E-state index contributed by atoms with van der Waals surface area (Å²) in [7, 11) is 0. The summed E-state index contributed by atoms with van der Waals surface area (Å²) in [6.45, 7) is 4.69. The fraction of sp³-hybridized carbons (Fsp3) is 0.0545. The minimum atomic E-state index is -0.126. The first kappa shape index (κ1) is 32.8. The number of aromatic nitrogens is 1. The molecule has 0 aliphatic heterocycles. The summed E-state index contributed by atoms with van der Waals surface area (Å²) >= 11 is 0. The van der Waals surface area contributed by atoms with Gasteiger partial charge in [0.2, 0.25) is 0 Å². The highest BCUT2D eigenvalue weighted by molar-refractivity contribution is 6.12. The summed E-state index contributed by atoms with van der Waals surface area (Å²) in [4.78, 5) is 2.37. The minimum Gasteiger partial charge on any atom is -0.454 e. The van der Waals surface area contributed by atoms with E-state index in [-0.39, 0.29) is 5.41 Å². The Labute approximate surface area is 336 Å². The van der Waals surface area contributed by atoms with E-state index in [2.05, 4.69) is 211 Å². The Kier molecular flexibility index (Phi) is 6.98. The zero-order valence-electron chi connectivity index (χ0n) is 32.3. The van der Waals surface area contributed by atoms with Crippen LogP contribution in [-0.2, 0) is 5.41 Å². The molecule has 0 radical (unpaired) electrons. The van der Waals surface area contributed by atoms with E-state index in [9.17, 15) is 0 Å². The lowest BCUT2D eigenvalue weighted by Crippen LogP contribution is -2.16. The molecule has 1 aliphatic carbocycles. The first-order valence-corrected chi connectivity index (χ1v) is 20.1. The molecule has 0 atom stereocenters. The molecular formula is C55H38N2O. The quantitative estimate of drug-likeness (QED) is 0.175. The van der Waals surface area contributed by atoms with E-state index in [4.69, 9.17) is 4.42 Å². The molecule has 58 heavy (non-hydrogen) atoms. The molecule has 0 N–H and O–H groups in total. The number of benzene rings is 9. The maximum absolute atomic E-state index is 6.67. The molecule has 0 unspecified atom stereocenters. The topological polar surface area (TPSA) is 21.3 Å². The van der Waals surface area contributed by atoms with Crippen molar-refractivity contribution in [3.63, 3.8) is 0 Å². The average Bonchev–Trinajstić information content (AvgIpc) is 3.89. The van der Waals surface area contributed by atoms with Crippen LogP contribution in [0.1, 0.15) is 25.0 Å². The van der Waals surface area contributed by atoms with Gasteiger partial charge in [0, 0.05) is 44.0 Å². The van der Waals surface area contributed by atoms with Gasteiger partial charge in [0.1, 0.15) is 5.58 Å². The van der Waals surface area contributed by atoms with Crippen molar-refractivity contribution < 1.29 is 4.42 Å². The van der Waals surface area contributed by atoms with Crippen molar-refractivity contribution in [1.29, 1.82) is 0 Å². The molecule has 11 aromatic rings. The van der Waals surface area contributed by atoms with Gasteiger partial charge in [0.05, 0.1) is 16.7 Å². The van der Waals surface area contributed by atoms with E-state index in [1.54, 1.807) is 0 Å². The van der Waals surface area contributed by atoms with Gasteiger partial charge in [-0.15, -0.1) is 0 Å². The second-order valence-electron chi connectivity index (χ2n) is 16.2. The molecule has 0 saturated carbocycles. The van der Waals surface area contributed by atoms with E-state index in [1.165, 1.54) is 71.6 Å². The highest BCUT2D eigenvalue weighted by atomic mass is 16.3. The number of furan rings is 1. The fourth-order valence-corrected chi connectivity index (χ4v) is 9.72. The van der Waals surface area contributed by atoms with Crippen molar-refractivity contribution in [2.24, 2.45) is 0 Å². The molecule has 0 bridgehead atoms. The standard InChI is InChI=1S/C55H38N2O/c1-55(2)48-18-8-5-14-42(48)43-30-29-41(34-49(43)55)56(52-20-11-17-46-45-16-7-10-21-53(45)58-54(46)52)39-26-22-36(23-27-39)38-25-31-51-47(33-38)44-15-6-9-19-50(44)57(51)40-28-24-35-12-3-4-13-37(35)32-40/h3-34H,1-2H3. The molecule has 0 spiro atoms. The number of anilines is 3. The van der Waals surface area contributed by atoms with Crippen LogP contribution >= 0.6 is 0 Å². The van der Waals surface area contributed by atoms with Gasteiger partial charge in [-0.2, -0.15) is 0 Å². The summed E-state index contributed by atoms with van der Waals surface area (Å²) in [5.74, 6) is 0. The molecule has 3 nitrogen and oxygen atoms in total. The molecule has 0 fully saturated rings. The van der Waals surface area contributed by atoms with Crippen molar-refractivity contribution >= 4 is 71.6 Å². The predicted molar refractivity (Wildman–Crippen MR) is 243 cm³/mol. The summed E-state index contributed by atoms with van der Waals surface area (Å²) in [5, 5.41) is 7.21. The van der Waals surface area contributed by atoms with Crippen molar-refractivity contribution in [3.8, 4) is 27.9 Å². The average molecular weight is 743 g/mol. The third-order valence-electron chi connectivity index (χ3n) is 12.6. The smallest absolute Gasteiger partial charge is 0.159 e. The zero-order chi connectivity index (χ0) is 38.5.